The number of hydrogen-bond acceptors (Lipinski definition) is 7. The summed E-state index contributed by atoms with van der Waals surface area (Å²) in [4.78, 5) is 30.3. The maximum absolute atomic E-state index is 13.3. The van der Waals surface area contributed by atoms with Gasteiger partial charge in [-0.25, -0.2) is 0 Å². The number of aliphatic hydroxyl groups is 1. The highest BCUT2D eigenvalue weighted by molar-refractivity contribution is 6.46. The van der Waals surface area contributed by atoms with E-state index in [1.165, 1.54) is 0 Å². The lowest BCUT2D eigenvalue weighted by Gasteiger charge is -2.31. The fourth-order valence-corrected chi connectivity index (χ4v) is 4.58. The molecule has 0 radical (unpaired) electrons. The van der Waals surface area contributed by atoms with Crippen LogP contribution in [0.2, 0.25) is 0 Å². The van der Waals surface area contributed by atoms with E-state index in [-0.39, 0.29) is 11.3 Å². The molecule has 2 aliphatic heterocycles. The zero-order chi connectivity index (χ0) is 26.2. The van der Waals surface area contributed by atoms with E-state index in [1.54, 1.807) is 29.2 Å². The molecule has 4 rings (SSSR count). The van der Waals surface area contributed by atoms with Crippen molar-refractivity contribution in [3.8, 4) is 11.5 Å². The molecule has 2 saturated heterocycles. The van der Waals surface area contributed by atoms with E-state index in [4.69, 9.17) is 14.2 Å². The van der Waals surface area contributed by atoms with Crippen molar-refractivity contribution in [2.75, 3.05) is 52.6 Å². The van der Waals surface area contributed by atoms with Crippen molar-refractivity contribution in [2.45, 2.75) is 32.7 Å². The molecule has 2 fully saturated rings. The van der Waals surface area contributed by atoms with E-state index in [1.807, 2.05) is 38.1 Å². The first kappa shape index (κ1) is 26.7. The summed E-state index contributed by atoms with van der Waals surface area (Å²) in [5.41, 5.74) is 1.30. The van der Waals surface area contributed by atoms with Gasteiger partial charge in [-0.2, -0.15) is 0 Å². The van der Waals surface area contributed by atoms with Crippen molar-refractivity contribution in [2.24, 2.45) is 0 Å². The number of hydrogen-bond donors (Lipinski definition) is 1. The Kier molecular flexibility index (Phi) is 9.19. The van der Waals surface area contributed by atoms with Crippen LogP contribution in [0.5, 0.6) is 11.5 Å². The predicted octanol–water partition coefficient (Wildman–Crippen LogP) is 4.02. The van der Waals surface area contributed by atoms with E-state index in [0.29, 0.717) is 50.8 Å². The van der Waals surface area contributed by atoms with E-state index in [2.05, 4.69) is 4.90 Å². The molecule has 0 aromatic heterocycles. The Bertz CT molecular complexity index is 1090. The summed E-state index contributed by atoms with van der Waals surface area (Å²) in [6.45, 7) is 9.12. The van der Waals surface area contributed by atoms with Crippen LogP contribution in [0, 0.1) is 0 Å². The van der Waals surface area contributed by atoms with Gasteiger partial charge in [-0.05, 0) is 54.8 Å². The minimum atomic E-state index is -0.697. The van der Waals surface area contributed by atoms with Crippen molar-refractivity contribution < 1.29 is 28.9 Å². The van der Waals surface area contributed by atoms with E-state index >= 15 is 0 Å². The van der Waals surface area contributed by atoms with Gasteiger partial charge >= 0.3 is 0 Å². The summed E-state index contributed by atoms with van der Waals surface area (Å²) in [5.74, 6) is -0.0659. The average molecular weight is 509 g/mol. The van der Waals surface area contributed by atoms with Crippen LogP contribution in [-0.2, 0) is 14.3 Å². The molecule has 2 aliphatic rings. The van der Waals surface area contributed by atoms with Crippen molar-refractivity contribution in [3.05, 3.63) is 65.2 Å². The van der Waals surface area contributed by atoms with E-state index < -0.39 is 17.7 Å². The summed E-state index contributed by atoms with van der Waals surface area (Å²) < 4.78 is 16.8. The molecule has 1 atom stereocenters. The number of benzene rings is 2. The van der Waals surface area contributed by atoms with Crippen LogP contribution in [0.3, 0.4) is 0 Å². The van der Waals surface area contributed by atoms with Crippen molar-refractivity contribution in [3.63, 3.8) is 0 Å². The first-order valence-corrected chi connectivity index (χ1v) is 13.1. The van der Waals surface area contributed by atoms with Gasteiger partial charge in [0.1, 0.15) is 17.3 Å². The fourth-order valence-electron chi connectivity index (χ4n) is 4.58. The number of amides is 1. The van der Waals surface area contributed by atoms with Crippen LogP contribution in [0.15, 0.2) is 54.1 Å². The third-order valence-corrected chi connectivity index (χ3v) is 6.57. The number of nitrogens with zero attached hydrogens (tertiary/aromatic N) is 2. The second-order valence-electron chi connectivity index (χ2n) is 9.24. The maximum Gasteiger partial charge on any atom is 0.295 e. The lowest BCUT2D eigenvalue weighted by Crippen LogP contribution is -2.42. The number of ketones is 1. The molecular formula is C29H36N2O6. The van der Waals surface area contributed by atoms with Gasteiger partial charge in [0.15, 0.2) is 0 Å². The molecule has 1 unspecified atom stereocenters. The topological polar surface area (TPSA) is 88.5 Å². The lowest BCUT2D eigenvalue weighted by molar-refractivity contribution is -0.140. The van der Waals surface area contributed by atoms with Gasteiger partial charge in [0.2, 0.25) is 0 Å². The Labute approximate surface area is 218 Å². The molecule has 0 saturated carbocycles. The maximum atomic E-state index is 13.3. The van der Waals surface area contributed by atoms with E-state index in [9.17, 15) is 14.7 Å². The van der Waals surface area contributed by atoms with Crippen molar-refractivity contribution in [1.82, 2.24) is 9.80 Å². The fraction of sp³-hybridized carbons (Fsp3) is 0.448. The van der Waals surface area contributed by atoms with Gasteiger partial charge in [-0.15, -0.1) is 0 Å². The molecule has 2 aromatic carbocycles. The highest BCUT2D eigenvalue weighted by Crippen LogP contribution is 2.40. The van der Waals surface area contributed by atoms with Gasteiger partial charge < -0.3 is 24.2 Å². The van der Waals surface area contributed by atoms with Crippen LogP contribution in [0.4, 0.5) is 0 Å². The zero-order valence-electron chi connectivity index (χ0n) is 21.7. The summed E-state index contributed by atoms with van der Waals surface area (Å²) >= 11 is 0. The predicted molar refractivity (Wildman–Crippen MR) is 141 cm³/mol. The Hall–Kier alpha value is -3.36. The third kappa shape index (κ3) is 6.32. The second kappa shape index (κ2) is 12.7. The lowest BCUT2D eigenvalue weighted by atomic mass is 9.95. The second-order valence-corrected chi connectivity index (χ2v) is 9.24. The average Bonchev–Trinajstić information content (AvgIpc) is 3.19. The van der Waals surface area contributed by atoms with Crippen molar-refractivity contribution in [1.29, 1.82) is 0 Å². The minimum Gasteiger partial charge on any atom is -0.507 e. The first-order chi connectivity index (χ1) is 18.0. The molecule has 37 heavy (non-hydrogen) atoms. The molecule has 1 N–H and O–H groups in total. The highest BCUT2D eigenvalue weighted by atomic mass is 16.5. The van der Waals surface area contributed by atoms with Crippen LogP contribution in [0.25, 0.3) is 5.76 Å². The number of ether oxygens (including phenoxy) is 3. The molecule has 8 nitrogen and oxygen atoms in total. The standard InChI is InChI=1S/C29H36N2O6/c1-3-17-36-23-9-5-21(6-10-23)26-25(27(32)22-7-11-24(12-8-22)37-18-4-2)28(33)29(34)31(26)14-13-30-15-19-35-20-16-30/h5-12,26,32H,3-4,13-20H2,1-2H3/b27-25+. The van der Waals surface area contributed by atoms with Gasteiger partial charge in [0.05, 0.1) is 38.0 Å². The number of morpholine rings is 1. The summed E-state index contributed by atoms with van der Waals surface area (Å²) in [5, 5.41) is 11.3. The number of carbonyl (C=O) groups excluding carboxylic acids is 2. The van der Waals surface area contributed by atoms with E-state index in [0.717, 1.165) is 37.2 Å². The molecule has 2 heterocycles. The Balaban J connectivity index is 1.67. The highest BCUT2D eigenvalue weighted by Gasteiger charge is 2.46. The van der Waals surface area contributed by atoms with Gasteiger partial charge in [0.25, 0.3) is 11.7 Å². The van der Waals surface area contributed by atoms with Gasteiger partial charge in [0, 0.05) is 31.7 Å². The summed E-state index contributed by atoms with van der Waals surface area (Å²) in [6.07, 6.45) is 1.78. The first-order valence-electron chi connectivity index (χ1n) is 13.1. The molecule has 0 aliphatic carbocycles. The smallest absolute Gasteiger partial charge is 0.295 e. The number of Topliss-reactive ketones (excluding diaryl/α,β-unsaturated/α-hetero) is 1. The molecule has 1 amide bonds. The van der Waals surface area contributed by atoms with Crippen molar-refractivity contribution >= 4 is 17.4 Å². The molecular weight excluding hydrogens is 472 g/mol. The quantitative estimate of drug-likeness (QED) is 0.279. The van der Waals surface area contributed by atoms with Crippen LogP contribution in [0.1, 0.15) is 43.9 Å². The third-order valence-electron chi connectivity index (χ3n) is 6.57. The number of carbonyl (C=O) groups is 2. The molecule has 2 aromatic rings. The van der Waals surface area contributed by atoms with Gasteiger partial charge in [-0.3, -0.25) is 14.5 Å². The minimum absolute atomic E-state index is 0.0939. The summed E-state index contributed by atoms with van der Waals surface area (Å²) in [6, 6.07) is 13.6. The molecule has 8 heteroatoms. The molecule has 198 valence electrons. The molecule has 0 spiro atoms. The molecule has 0 bridgehead atoms. The van der Waals surface area contributed by atoms with Crippen LogP contribution >= 0.6 is 0 Å². The summed E-state index contributed by atoms with van der Waals surface area (Å²) in [7, 11) is 0. The van der Waals surface area contributed by atoms with Gasteiger partial charge in [-0.1, -0.05) is 26.0 Å². The normalized spacial score (nSPS) is 19.8. The Morgan fingerprint density at radius 2 is 1.46 bits per heavy atom. The number of likely N-dealkylation sites (tertiary alicyclic amines) is 1. The SMILES string of the molecule is CCCOc1ccc(/C(O)=C2\C(=O)C(=O)N(CCN3CCOCC3)C2c2ccc(OCCC)cc2)cc1. The number of aliphatic hydroxyl groups excluding tert-OH is 1. The largest absolute Gasteiger partial charge is 0.507 e. The Morgan fingerprint density at radius 3 is 2.03 bits per heavy atom. The monoisotopic (exact) mass is 508 g/mol. The van der Waals surface area contributed by atoms with Crippen LogP contribution in [-0.4, -0.2) is 79.2 Å². The Morgan fingerprint density at radius 1 is 0.892 bits per heavy atom. The zero-order valence-corrected chi connectivity index (χ0v) is 21.7. The number of rotatable bonds is 11. The van der Waals surface area contributed by atoms with Crippen LogP contribution < -0.4 is 9.47 Å².